The maximum atomic E-state index is 12.6. The lowest BCUT2D eigenvalue weighted by Gasteiger charge is -2.35. The number of amides is 1. The standard InChI is InChI=1S/C21H26N2O4S/c24-20(13-17(14-21(25)26)19-7-4-12-28-19)22-15-18(16-5-2-1-3-6-16)23-8-10-27-11-9-23/h1-7,12,17-18H,8-11,13-15H2,(H,22,24)(H,25,26). The van der Waals surface area contributed by atoms with Crippen LogP contribution in [-0.4, -0.2) is 54.7 Å². The van der Waals surface area contributed by atoms with Crippen molar-refractivity contribution >= 4 is 23.2 Å². The van der Waals surface area contributed by atoms with E-state index in [-0.39, 0.29) is 30.7 Å². The molecule has 1 amide bonds. The van der Waals surface area contributed by atoms with E-state index in [1.165, 1.54) is 11.3 Å². The number of carboxylic acids is 1. The molecule has 2 heterocycles. The van der Waals surface area contributed by atoms with Crippen LogP contribution in [0.3, 0.4) is 0 Å². The summed E-state index contributed by atoms with van der Waals surface area (Å²) in [7, 11) is 0. The molecule has 0 bridgehead atoms. The zero-order valence-electron chi connectivity index (χ0n) is 15.8. The molecule has 150 valence electrons. The Labute approximate surface area is 169 Å². The van der Waals surface area contributed by atoms with Gasteiger partial charge in [0.05, 0.1) is 25.7 Å². The van der Waals surface area contributed by atoms with Crippen LogP contribution in [0.5, 0.6) is 0 Å². The van der Waals surface area contributed by atoms with Gasteiger partial charge in [-0.3, -0.25) is 14.5 Å². The van der Waals surface area contributed by atoms with Crippen LogP contribution in [0.1, 0.15) is 35.2 Å². The van der Waals surface area contributed by atoms with Crippen molar-refractivity contribution in [2.24, 2.45) is 0 Å². The molecule has 1 saturated heterocycles. The molecule has 0 saturated carbocycles. The van der Waals surface area contributed by atoms with Gasteiger partial charge in [0, 0.05) is 36.9 Å². The van der Waals surface area contributed by atoms with Crippen molar-refractivity contribution < 1.29 is 19.4 Å². The van der Waals surface area contributed by atoms with E-state index in [1.807, 2.05) is 35.7 Å². The monoisotopic (exact) mass is 402 g/mol. The lowest BCUT2D eigenvalue weighted by molar-refractivity contribution is -0.137. The zero-order valence-corrected chi connectivity index (χ0v) is 16.6. The smallest absolute Gasteiger partial charge is 0.304 e. The molecule has 6 nitrogen and oxygen atoms in total. The highest BCUT2D eigenvalue weighted by Crippen LogP contribution is 2.28. The van der Waals surface area contributed by atoms with Crippen LogP contribution >= 0.6 is 11.3 Å². The number of benzene rings is 1. The molecule has 2 N–H and O–H groups in total. The van der Waals surface area contributed by atoms with Crippen LogP contribution < -0.4 is 5.32 Å². The molecule has 1 aliphatic heterocycles. The van der Waals surface area contributed by atoms with Crippen molar-refractivity contribution in [2.75, 3.05) is 32.8 Å². The summed E-state index contributed by atoms with van der Waals surface area (Å²) >= 11 is 1.49. The van der Waals surface area contributed by atoms with Crippen LogP contribution in [0.25, 0.3) is 0 Å². The van der Waals surface area contributed by atoms with Crippen molar-refractivity contribution in [3.05, 3.63) is 58.3 Å². The Morgan fingerprint density at radius 1 is 1.11 bits per heavy atom. The number of carbonyl (C=O) groups is 2. The number of hydrogen-bond acceptors (Lipinski definition) is 5. The maximum Gasteiger partial charge on any atom is 0.304 e. The summed E-state index contributed by atoms with van der Waals surface area (Å²) < 4.78 is 5.46. The quantitative estimate of drug-likeness (QED) is 0.674. The SMILES string of the molecule is O=C(O)CC(CC(=O)NCC(c1ccccc1)N1CCOCC1)c1cccs1. The van der Waals surface area contributed by atoms with Gasteiger partial charge in [-0.2, -0.15) is 0 Å². The molecule has 2 aromatic rings. The summed E-state index contributed by atoms with van der Waals surface area (Å²) in [5, 5.41) is 14.1. The topological polar surface area (TPSA) is 78.9 Å². The minimum atomic E-state index is -0.887. The van der Waals surface area contributed by atoms with E-state index in [0.29, 0.717) is 19.8 Å². The van der Waals surface area contributed by atoms with E-state index in [1.54, 1.807) is 0 Å². The Bertz CT molecular complexity index is 745. The highest BCUT2D eigenvalue weighted by molar-refractivity contribution is 7.10. The Morgan fingerprint density at radius 2 is 1.86 bits per heavy atom. The second-order valence-electron chi connectivity index (χ2n) is 6.89. The molecule has 3 rings (SSSR count). The molecule has 2 unspecified atom stereocenters. The number of carbonyl (C=O) groups excluding carboxylic acids is 1. The molecule has 28 heavy (non-hydrogen) atoms. The largest absolute Gasteiger partial charge is 0.481 e. The third-order valence-corrected chi connectivity index (χ3v) is 6.00. The lowest BCUT2D eigenvalue weighted by atomic mass is 9.98. The van der Waals surface area contributed by atoms with Gasteiger partial charge in [0.25, 0.3) is 0 Å². The first-order valence-corrected chi connectivity index (χ1v) is 10.4. The molecule has 0 spiro atoms. The molecule has 2 atom stereocenters. The highest BCUT2D eigenvalue weighted by atomic mass is 32.1. The van der Waals surface area contributed by atoms with Crippen molar-refractivity contribution in [3.63, 3.8) is 0 Å². The van der Waals surface area contributed by atoms with Crippen LogP contribution in [0.2, 0.25) is 0 Å². The lowest BCUT2D eigenvalue weighted by Crippen LogP contribution is -2.44. The van der Waals surface area contributed by atoms with E-state index in [4.69, 9.17) is 4.74 Å². The molecular formula is C21H26N2O4S. The van der Waals surface area contributed by atoms with Crippen molar-refractivity contribution in [2.45, 2.75) is 24.8 Å². The molecule has 0 aliphatic carbocycles. The third-order valence-electron chi connectivity index (χ3n) is 4.96. The van der Waals surface area contributed by atoms with Crippen LogP contribution in [0.15, 0.2) is 47.8 Å². The number of carboxylic acid groups (broad SMARTS) is 1. The molecule has 0 radical (unpaired) electrons. The van der Waals surface area contributed by atoms with Gasteiger partial charge in [-0.1, -0.05) is 36.4 Å². The van der Waals surface area contributed by atoms with Gasteiger partial charge in [-0.05, 0) is 17.0 Å². The molecule has 1 fully saturated rings. The predicted molar refractivity (Wildman–Crippen MR) is 109 cm³/mol. The second-order valence-corrected chi connectivity index (χ2v) is 7.87. The van der Waals surface area contributed by atoms with E-state index in [9.17, 15) is 14.7 Å². The first-order chi connectivity index (χ1) is 13.6. The van der Waals surface area contributed by atoms with Gasteiger partial charge in [-0.15, -0.1) is 11.3 Å². The summed E-state index contributed by atoms with van der Waals surface area (Å²) in [6.45, 7) is 3.53. The Kier molecular flexibility index (Phi) is 7.59. The molecule has 1 aliphatic rings. The number of morpholine rings is 1. The highest BCUT2D eigenvalue weighted by Gasteiger charge is 2.25. The van der Waals surface area contributed by atoms with Gasteiger partial charge in [0.1, 0.15) is 0 Å². The van der Waals surface area contributed by atoms with Crippen molar-refractivity contribution in [1.29, 1.82) is 0 Å². The summed E-state index contributed by atoms with van der Waals surface area (Å²) in [5.74, 6) is -1.30. The predicted octanol–water partition coefficient (Wildman–Crippen LogP) is 2.89. The number of nitrogens with zero attached hydrogens (tertiary/aromatic N) is 1. The van der Waals surface area contributed by atoms with Crippen molar-refractivity contribution in [3.8, 4) is 0 Å². The van der Waals surface area contributed by atoms with Crippen molar-refractivity contribution in [1.82, 2.24) is 10.2 Å². The fourth-order valence-corrected chi connectivity index (χ4v) is 4.37. The summed E-state index contributed by atoms with van der Waals surface area (Å²) in [6.07, 6.45) is 0.136. The average molecular weight is 403 g/mol. The van der Waals surface area contributed by atoms with Gasteiger partial charge in [0.2, 0.25) is 5.91 Å². The molecule has 1 aromatic heterocycles. The summed E-state index contributed by atoms with van der Waals surface area (Å²) in [4.78, 5) is 27.1. The Balaban J connectivity index is 1.63. The first-order valence-electron chi connectivity index (χ1n) is 9.52. The summed E-state index contributed by atoms with van der Waals surface area (Å²) in [5.41, 5.74) is 1.16. The normalized spacial score (nSPS) is 17.0. The maximum absolute atomic E-state index is 12.6. The van der Waals surface area contributed by atoms with E-state index < -0.39 is 5.97 Å². The fraction of sp³-hybridized carbons (Fsp3) is 0.429. The molecule has 1 aromatic carbocycles. The van der Waals surface area contributed by atoms with E-state index >= 15 is 0 Å². The van der Waals surface area contributed by atoms with Gasteiger partial charge in [0.15, 0.2) is 0 Å². The average Bonchev–Trinajstić information content (AvgIpc) is 3.24. The third kappa shape index (κ3) is 5.89. The van der Waals surface area contributed by atoms with E-state index in [2.05, 4.69) is 22.3 Å². The fourth-order valence-electron chi connectivity index (χ4n) is 3.54. The second kappa shape index (κ2) is 10.4. The van der Waals surface area contributed by atoms with E-state index in [0.717, 1.165) is 23.5 Å². The Hall–Kier alpha value is -2.22. The van der Waals surface area contributed by atoms with Gasteiger partial charge in [-0.25, -0.2) is 0 Å². The van der Waals surface area contributed by atoms with Gasteiger partial charge >= 0.3 is 5.97 Å². The summed E-state index contributed by atoms with van der Waals surface area (Å²) in [6, 6.07) is 14.0. The number of ether oxygens (including phenoxy) is 1. The minimum Gasteiger partial charge on any atom is -0.481 e. The number of thiophene rings is 1. The Morgan fingerprint density at radius 3 is 2.50 bits per heavy atom. The number of hydrogen-bond donors (Lipinski definition) is 2. The first kappa shape index (κ1) is 20.5. The van der Waals surface area contributed by atoms with Crippen LogP contribution in [0, 0.1) is 0 Å². The van der Waals surface area contributed by atoms with Crippen LogP contribution in [0.4, 0.5) is 0 Å². The molecular weight excluding hydrogens is 376 g/mol. The number of nitrogens with one attached hydrogen (secondary N) is 1. The number of aliphatic carboxylic acids is 1. The van der Waals surface area contributed by atoms with Crippen LogP contribution in [-0.2, 0) is 14.3 Å². The zero-order chi connectivity index (χ0) is 19.8. The molecule has 7 heteroatoms. The number of rotatable bonds is 9. The van der Waals surface area contributed by atoms with Gasteiger partial charge < -0.3 is 15.2 Å². The minimum absolute atomic E-state index is 0.0422.